The third-order valence-corrected chi connectivity index (χ3v) is 3.41. The number of benzene rings is 1. The van der Waals surface area contributed by atoms with Crippen LogP contribution in [0.25, 0.3) is 5.69 Å². The van der Waals surface area contributed by atoms with Gasteiger partial charge in [0.25, 0.3) is 0 Å². The molecule has 2 aromatic rings. The highest BCUT2D eigenvalue weighted by Crippen LogP contribution is 2.33. The SMILES string of the molecule is CCOc1ccc(-n2cnnc2)cc1N1CCCC1. The van der Waals surface area contributed by atoms with E-state index >= 15 is 0 Å². The molecule has 100 valence electrons. The van der Waals surface area contributed by atoms with Gasteiger partial charge in [-0.25, -0.2) is 0 Å². The molecule has 1 aliphatic heterocycles. The molecule has 1 aliphatic rings. The number of anilines is 1. The molecule has 2 heterocycles. The number of ether oxygens (including phenoxy) is 1. The minimum Gasteiger partial charge on any atom is -0.492 e. The smallest absolute Gasteiger partial charge is 0.142 e. The zero-order valence-corrected chi connectivity index (χ0v) is 11.1. The minimum atomic E-state index is 0.687. The number of nitrogens with zero attached hydrogens (tertiary/aromatic N) is 4. The number of aromatic nitrogens is 3. The second-order valence-electron chi connectivity index (χ2n) is 4.65. The largest absolute Gasteiger partial charge is 0.492 e. The van der Waals surface area contributed by atoms with E-state index in [0.29, 0.717) is 6.61 Å². The first-order valence-corrected chi connectivity index (χ1v) is 6.75. The average Bonchev–Trinajstić information content (AvgIpc) is 3.13. The third-order valence-electron chi connectivity index (χ3n) is 3.41. The van der Waals surface area contributed by atoms with Gasteiger partial charge in [-0.3, -0.25) is 4.57 Å². The first kappa shape index (κ1) is 12.0. The first-order chi connectivity index (χ1) is 9.38. The van der Waals surface area contributed by atoms with Gasteiger partial charge >= 0.3 is 0 Å². The highest BCUT2D eigenvalue weighted by Gasteiger charge is 2.17. The van der Waals surface area contributed by atoms with Crippen molar-refractivity contribution in [2.45, 2.75) is 19.8 Å². The zero-order chi connectivity index (χ0) is 13.1. The molecule has 0 N–H and O–H groups in total. The van der Waals surface area contributed by atoms with Crippen LogP contribution in [0.5, 0.6) is 5.75 Å². The van der Waals surface area contributed by atoms with Crippen LogP contribution in [-0.4, -0.2) is 34.5 Å². The molecule has 3 rings (SSSR count). The predicted molar refractivity (Wildman–Crippen MR) is 74.0 cm³/mol. The van der Waals surface area contributed by atoms with E-state index in [2.05, 4.69) is 21.2 Å². The Balaban J connectivity index is 1.99. The van der Waals surface area contributed by atoms with Gasteiger partial charge in [0.2, 0.25) is 0 Å². The maximum absolute atomic E-state index is 5.74. The Kier molecular flexibility index (Phi) is 3.35. The molecular weight excluding hydrogens is 240 g/mol. The topological polar surface area (TPSA) is 43.2 Å². The average molecular weight is 258 g/mol. The van der Waals surface area contributed by atoms with Crippen molar-refractivity contribution >= 4 is 5.69 Å². The van der Waals surface area contributed by atoms with E-state index < -0.39 is 0 Å². The maximum atomic E-state index is 5.74. The molecule has 5 nitrogen and oxygen atoms in total. The number of hydrogen-bond donors (Lipinski definition) is 0. The van der Waals surface area contributed by atoms with Crippen LogP contribution < -0.4 is 9.64 Å². The molecule has 0 atom stereocenters. The molecule has 1 aromatic carbocycles. The first-order valence-electron chi connectivity index (χ1n) is 6.75. The molecule has 1 saturated heterocycles. The van der Waals surface area contributed by atoms with Crippen LogP contribution in [0.3, 0.4) is 0 Å². The lowest BCUT2D eigenvalue weighted by Crippen LogP contribution is -2.19. The Hall–Kier alpha value is -2.04. The van der Waals surface area contributed by atoms with Crippen LogP contribution in [0, 0.1) is 0 Å². The van der Waals surface area contributed by atoms with Crippen LogP contribution in [0.2, 0.25) is 0 Å². The minimum absolute atomic E-state index is 0.687. The van der Waals surface area contributed by atoms with Gasteiger partial charge in [0, 0.05) is 13.1 Å². The fourth-order valence-electron chi connectivity index (χ4n) is 2.48. The van der Waals surface area contributed by atoms with Gasteiger partial charge in [0.1, 0.15) is 18.4 Å². The van der Waals surface area contributed by atoms with Crippen LogP contribution in [0.4, 0.5) is 5.69 Å². The lowest BCUT2D eigenvalue weighted by Gasteiger charge is -2.22. The van der Waals surface area contributed by atoms with E-state index in [1.54, 1.807) is 12.7 Å². The van der Waals surface area contributed by atoms with E-state index in [1.807, 2.05) is 23.6 Å². The van der Waals surface area contributed by atoms with Crippen molar-refractivity contribution in [1.29, 1.82) is 0 Å². The Bertz CT molecular complexity index is 532. The molecule has 0 aliphatic carbocycles. The van der Waals surface area contributed by atoms with E-state index in [4.69, 9.17) is 4.74 Å². The summed E-state index contributed by atoms with van der Waals surface area (Å²) in [6.45, 7) is 4.91. The van der Waals surface area contributed by atoms with E-state index in [9.17, 15) is 0 Å². The second kappa shape index (κ2) is 5.30. The van der Waals surface area contributed by atoms with E-state index in [-0.39, 0.29) is 0 Å². The van der Waals surface area contributed by atoms with E-state index in [0.717, 1.165) is 24.5 Å². The fraction of sp³-hybridized carbons (Fsp3) is 0.429. The van der Waals surface area contributed by atoms with Gasteiger partial charge in [0.15, 0.2) is 0 Å². The van der Waals surface area contributed by atoms with Gasteiger partial charge in [-0.2, -0.15) is 0 Å². The molecule has 1 fully saturated rings. The van der Waals surface area contributed by atoms with Crippen molar-refractivity contribution in [3.8, 4) is 11.4 Å². The summed E-state index contributed by atoms with van der Waals surface area (Å²) < 4.78 is 7.65. The molecule has 19 heavy (non-hydrogen) atoms. The Labute approximate surface area is 112 Å². The summed E-state index contributed by atoms with van der Waals surface area (Å²) in [6, 6.07) is 6.22. The monoisotopic (exact) mass is 258 g/mol. The van der Waals surface area contributed by atoms with Gasteiger partial charge in [-0.1, -0.05) is 0 Å². The molecular formula is C14H18N4O. The lowest BCUT2D eigenvalue weighted by molar-refractivity contribution is 0.340. The van der Waals surface area contributed by atoms with Gasteiger partial charge in [0.05, 0.1) is 18.0 Å². The molecule has 0 radical (unpaired) electrons. The quantitative estimate of drug-likeness (QED) is 0.843. The van der Waals surface area contributed by atoms with Crippen molar-refractivity contribution in [2.24, 2.45) is 0 Å². The normalized spacial score (nSPS) is 14.9. The number of rotatable bonds is 4. The van der Waals surface area contributed by atoms with Crippen molar-refractivity contribution in [3.05, 3.63) is 30.9 Å². The van der Waals surface area contributed by atoms with Crippen molar-refractivity contribution in [1.82, 2.24) is 14.8 Å². The van der Waals surface area contributed by atoms with Gasteiger partial charge in [-0.15, -0.1) is 10.2 Å². The molecule has 5 heteroatoms. The molecule has 0 amide bonds. The highest BCUT2D eigenvalue weighted by molar-refractivity contribution is 5.63. The van der Waals surface area contributed by atoms with E-state index in [1.165, 1.54) is 18.5 Å². The molecule has 1 aromatic heterocycles. The summed E-state index contributed by atoms with van der Waals surface area (Å²) in [4.78, 5) is 2.39. The Morgan fingerprint density at radius 3 is 2.58 bits per heavy atom. The standard InChI is InChI=1S/C14H18N4O/c1-2-19-14-6-5-12(18-10-15-16-11-18)9-13(14)17-7-3-4-8-17/h5-6,9-11H,2-4,7-8H2,1H3. The third kappa shape index (κ3) is 2.41. The van der Waals surface area contributed by atoms with Gasteiger partial charge < -0.3 is 9.64 Å². The molecule has 0 spiro atoms. The van der Waals surface area contributed by atoms with Crippen LogP contribution in [0.15, 0.2) is 30.9 Å². The van der Waals surface area contributed by atoms with Crippen LogP contribution in [-0.2, 0) is 0 Å². The van der Waals surface area contributed by atoms with Crippen molar-refractivity contribution in [3.63, 3.8) is 0 Å². The molecule has 0 bridgehead atoms. The second-order valence-corrected chi connectivity index (χ2v) is 4.65. The summed E-state index contributed by atoms with van der Waals surface area (Å²) >= 11 is 0. The predicted octanol–water partition coefficient (Wildman–Crippen LogP) is 2.27. The molecule has 0 saturated carbocycles. The lowest BCUT2D eigenvalue weighted by atomic mass is 10.2. The Morgan fingerprint density at radius 1 is 1.16 bits per heavy atom. The molecule has 0 unspecified atom stereocenters. The van der Waals surface area contributed by atoms with Crippen molar-refractivity contribution < 1.29 is 4.74 Å². The Morgan fingerprint density at radius 2 is 1.89 bits per heavy atom. The maximum Gasteiger partial charge on any atom is 0.142 e. The van der Waals surface area contributed by atoms with Crippen LogP contribution in [0.1, 0.15) is 19.8 Å². The summed E-state index contributed by atoms with van der Waals surface area (Å²) in [5.74, 6) is 0.959. The summed E-state index contributed by atoms with van der Waals surface area (Å²) in [5, 5.41) is 7.71. The zero-order valence-electron chi connectivity index (χ0n) is 11.1. The van der Waals surface area contributed by atoms with Gasteiger partial charge in [-0.05, 0) is 38.0 Å². The van der Waals surface area contributed by atoms with Crippen LogP contribution >= 0.6 is 0 Å². The summed E-state index contributed by atoms with van der Waals surface area (Å²) in [6.07, 6.45) is 5.93. The summed E-state index contributed by atoms with van der Waals surface area (Å²) in [5.41, 5.74) is 2.24. The van der Waals surface area contributed by atoms with Crippen molar-refractivity contribution in [2.75, 3.05) is 24.6 Å². The summed E-state index contributed by atoms with van der Waals surface area (Å²) in [7, 11) is 0. The highest BCUT2D eigenvalue weighted by atomic mass is 16.5. The number of hydrogen-bond acceptors (Lipinski definition) is 4. The fourth-order valence-corrected chi connectivity index (χ4v) is 2.48.